The van der Waals surface area contributed by atoms with E-state index in [2.05, 4.69) is 33.0 Å². The van der Waals surface area contributed by atoms with Gasteiger partial charge in [-0.15, -0.1) is 36.2 Å². The lowest BCUT2D eigenvalue weighted by molar-refractivity contribution is -0.124. The number of likely N-dealkylation sites (tertiary alicyclic amines) is 1. The first-order valence-corrected chi connectivity index (χ1v) is 8.48. The van der Waals surface area contributed by atoms with Crippen molar-refractivity contribution in [2.24, 2.45) is 5.92 Å². The number of nitrogens with one attached hydrogen (secondary N) is 2. The van der Waals surface area contributed by atoms with Crippen LogP contribution >= 0.6 is 36.2 Å². The van der Waals surface area contributed by atoms with Crippen molar-refractivity contribution in [1.29, 1.82) is 0 Å². The minimum Gasteiger partial charge on any atom is -0.354 e. The summed E-state index contributed by atoms with van der Waals surface area (Å²) in [5.41, 5.74) is 0. The summed E-state index contributed by atoms with van der Waals surface area (Å²) in [6, 6.07) is 4.65. The fourth-order valence-electron chi connectivity index (χ4n) is 3.16. The molecule has 2 aliphatic rings. The highest BCUT2D eigenvalue weighted by Crippen LogP contribution is 2.27. The van der Waals surface area contributed by atoms with Crippen LogP contribution < -0.4 is 10.6 Å². The molecular weight excluding hydrogens is 341 g/mol. The first kappa shape index (κ1) is 19.7. The smallest absolute Gasteiger partial charge is 0.224 e. The lowest BCUT2D eigenvalue weighted by atomic mass is 10.1. The van der Waals surface area contributed by atoms with E-state index >= 15 is 0 Å². The standard InChI is InChI=1S/C15H23N3OS.2ClH/c19-15(12-5-6-16-10-12)17-11-13(14-4-3-9-20-14)18-7-1-2-8-18;;/h3-4,9,12-13,16H,1-2,5-8,10-11H2,(H,17,19);2*1H. The first-order valence-electron chi connectivity index (χ1n) is 7.60. The van der Waals surface area contributed by atoms with Gasteiger partial charge in [0.1, 0.15) is 0 Å². The molecule has 0 aromatic carbocycles. The highest BCUT2D eigenvalue weighted by Gasteiger charge is 2.27. The maximum atomic E-state index is 12.2. The van der Waals surface area contributed by atoms with Crippen molar-refractivity contribution < 1.29 is 4.79 Å². The fraction of sp³-hybridized carbons (Fsp3) is 0.667. The normalized spacial score (nSPS) is 22.6. The van der Waals surface area contributed by atoms with E-state index in [1.165, 1.54) is 17.7 Å². The molecule has 1 amide bonds. The molecule has 3 heterocycles. The number of carbonyl (C=O) groups is 1. The van der Waals surface area contributed by atoms with Crippen LogP contribution in [0, 0.1) is 5.92 Å². The zero-order valence-corrected chi connectivity index (χ0v) is 15.1. The molecule has 2 N–H and O–H groups in total. The SMILES string of the molecule is Cl.Cl.O=C(NCC(c1cccs1)N1CCCC1)C1CCNC1. The molecule has 7 heteroatoms. The highest BCUT2D eigenvalue weighted by molar-refractivity contribution is 7.10. The van der Waals surface area contributed by atoms with Crippen LogP contribution in [0.2, 0.25) is 0 Å². The van der Waals surface area contributed by atoms with Crippen molar-refractivity contribution in [2.75, 3.05) is 32.7 Å². The van der Waals surface area contributed by atoms with Crippen molar-refractivity contribution >= 4 is 42.1 Å². The van der Waals surface area contributed by atoms with Crippen molar-refractivity contribution in [1.82, 2.24) is 15.5 Å². The Morgan fingerprint density at radius 1 is 1.41 bits per heavy atom. The van der Waals surface area contributed by atoms with Crippen molar-refractivity contribution in [3.05, 3.63) is 22.4 Å². The Morgan fingerprint density at radius 3 is 2.77 bits per heavy atom. The fourth-order valence-corrected chi connectivity index (χ4v) is 4.02. The lowest BCUT2D eigenvalue weighted by Gasteiger charge is -2.27. The molecule has 0 saturated carbocycles. The molecule has 126 valence electrons. The number of hydrogen-bond donors (Lipinski definition) is 2. The number of rotatable bonds is 5. The van der Waals surface area contributed by atoms with Gasteiger partial charge in [-0.05, 0) is 50.3 Å². The van der Waals surface area contributed by atoms with Gasteiger partial charge in [0.15, 0.2) is 0 Å². The highest BCUT2D eigenvalue weighted by atomic mass is 35.5. The van der Waals surface area contributed by atoms with Crippen molar-refractivity contribution in [3.8, 4) is 0 Å². The van der Waals surface area contributed by atoms with E-state index < -0.39 is 0 Å². The maximum Gasteiger partial charge on any atom is 0.224 e. The number of hydrogen-bond acceptors (Lipinski definition) is 4. The van der Waals surface area contributed by atoms with Gasteiger partial charge in [-0.2, -0.15) is 0 Å². The molecule has 2 aliphatic heterocycles. The summed E-state index contributed by atoms with van der Waals surface area (Å²) in [6.45, 7) is 4.86. The Bertz CT molecular complexity index is 432. The molecular formula is C15H25Cl2N3OS. The Morgan fingerprint density at radius 2 is 2.18 bits per heavy atom. The molecule has 0 radical (unpaired) electrons. The topological polar surface area (TPSA) is 44.4 Å². The molecule has 1 aromatic rings. The molecule has 0 spiro atoms. The van der Waals surface area contributed by atoms with E-state index in [9.17, 15) is 4.79 Å². The van der Waals surface area contributed by atoms with E-state index in [1.807, 2.05) is 0 Å². The second-order valence-electron chi connectivity index (χ2n) is 5.71. The summed E-state index contributed by atoms with van der Waals surface area (Å²) in [7, 11) is 0. The lowest BCUT2D eigenvalue weighted by Crippen LogP contribution is -2.39. The van der Waals surface area contributed by atoms with Gasteiger partial charge in [-0.1, -0.05) is 6.07 Å². The largest absolute Gasteiger partial charge is 0.354 e. The molecule has 2 fully saturated rings. The number of halogens is 2. The second-order valence-corrected chi connectivity index (χ2v) is 6.69. The van der Waals surface area contributed by atoms with E-state index in [0.29, 0.717) is 6.04 Å². The molecule has 0 bridgehead atoms. The van der Waals surface area contributed by atoms with Crippen LogP contribution in [0.5, 0.6) is 0 Å². The molecule has 2 unspecified atom stereocenters. The predicted molar refractivity (Wildman–Crippen MR) is 96.3 cm³/mol. The number of thiophene rings is 1. The van der Waals surface area contributed by atoms with Crippen LogP contribution in [0.4, 0.5) is 0 Å². The minimum atomic E-state index is 0. The summed E-state index contributed by atoms with van der Waals surface area (Å²) in [5.74, 6) is 0.383. The predicted octanol–water partition coefficient (Wildman–Crippen LogP) is 2.45. The zero-order valence-electron chi connectivity index (χ0n) is 12.6. The zero-order chi connectivity index (χ0) is 13.8. The van der Waals surface area contributed by atoms with Crippen molar-refractivity contribution in [3.63, 3.8) is 0 Å². The molecule has 4 nitrogen and oxygen atoms in total. The second kappa shape index (κ2) is 9.73. The van der Waals surface area contributed by atoms with Crippen LogP contribution in [-0.4, -0.2) is 43.5 Å². The van der Waals surface area contributed by atoms with Crippen LogP contribution in [0.25, 0.3) is 0 Å². The molecule has 1 aromatic heterocycles. The Kier molecular flexibility index (Phi) is 8.72. The Balaban J connectivity index is 0.00000121. The third-order valence-corrected chi connectivity index (χ3v) is 5.33. The molecule has 0 aliphatic carbocycles. The van der Waals surface area contributed by atoms with Crippen LogP contribution in [0.3, 0.4) is 0 Å². The summed E-state index contributed by atoms with van der Waals surface area (Å²) in [5, 5.41) is 8.56. The van der Waals surface area contributed by atoms with Gasteiger partial charge in [0.05, 0.1) is 12.0 Å². The van der Waals surface area contributed by atoms with E-state index in [-0.39, 0.29) is 36.6 Å². The summed E-state index contributed by atoms with van der Waals surface area (Å²) >= 11 is 1.80. The summed E-state index contributed by atoms with van der Waals surface area (Å²) in [6.07, 6.45) is 3.53. The Labute approximate surface area is 148 Å². The van der Waals surface area contributed by atoms with Gasteiger partial charge in [0, 0.05) is 18.0 Å². The number of nitrogens with zero attached hydrogens (tertiary/aromatic N) is 1. The van der Waals surface area contributed by atoms with E-state index in [4.69, 9.17) is 0 Å². The van der Waals surface area contributed by atoms with Gasteiger partial charge in [-0.25, -0.2) is 0 Å². The summed E-state index contributed by atoms with van der Waals surface area (Å²) < 4.78 is 0. The van der Waals surface area contributed by atoms with Crippen LogP contribution in [0.15, 0.2) is 17.5 Å². The monoisotopic (exact) mass is 365 g/mol. The molecule has 22 heavy (non-hydrogen) atoms. The van der Waals surface area contributed by atoms with Gasteiger partial charge in [0.25, 0.3) is 0 Å². The Hall–Kier alpha value is -0.330. The van der Waals surface area contributed by atoms with Gasteiger partial charge in [0.2, 0.25) is 5.91 Å². The average Bonchev–Trinajstić information content (AvgIpc) is 3.22. The van der Waals surface area contributed by atoms with Crippen molar-refractivity contribution in [2.45, 2.75) is 25.3 Å². The minimum absolute atomic E-state index is 0. The quantitative estimate of drug-likeness (QED) is 0.842. The van der Waals surface area contributed by atoms with Gasteiger partial charge in [-0.3, -0.25) is 9.69 Å². The number of amides is 1. The number of carbonyl (C=O) groups excluding carboxylic acids is 1. The molecule has 2 saturated heterocycles. The van der Waals surface area contributed by atoms with E-state index in [1.54, 1.807) is 11.3 Å². The average molecular weight is 366 g/mol. The van der Waals surface area contributed by atoms with Gasteiger partial charge < -0.3 is 10.6 Å². The van der Waals surface area contributed by atoms with E-state index in [0.717, 1.165) is 39.1 Å². The van der Waals surface area contributed by atoms with Gasteiger partial charge >= 0.3 is 0 Å². The molecule has 2 atom stereocenters. The first-order chi connectivity index (χ1) is 9.84. The molecule has 3 rings (SSSR count). The third kappa shape index (κ3) is 4.83. The summed E-state index contributed by atoms with van der Waals surface area (Å²) in [4.78, 5) is 16.1. The maximum absolute atomic E-state index is 12.2. The van der Waals surface area contributed by atoms with Crippen LogP contribution in [-0.2, 0) is 4.79 Å². The van der Waals surface area contributed by atoms with Crippen LogP contribution in [0.1, 0.15) is 30.2 Å². The third-order valence-electron chi connectivity index (χ3n) is 4.35.